The highest BCUT2D eigenvalue weighted by Gasteiger charge is 2.44. The Labute approximate surface area is 372 Å². The first-order valence-electron chi connectivity index (χ1n) is 21.3. The number of para-hydroxylation sites is 1. The van der Waals surface area contributed by atoms with Crippen LogP contribution in [0.4, 0.5) is 0 Å². The van der Waals surface area contributed by atoms with E-state index in [0.717, 1.165) is 51.3 Å². The van der Waals surface area contributed by atoms with Crippen LogP contribution in [-0.2, 0) is 36.9 Å². The van der Waals surface area contributed by atoms with Crippen LogP contribution in [0.5, 0.6) is 0 Å². The predicted octanol–water partition coefficient (Wildman–Crippen LogP) is 5.94. The van der Waals surface area contributed by atoms with Gasteiger partial charge in [-0.3, -0.25) is 29.3 Å². The van der Waals surface area contributed by atoms with Crippen LogP contribution in [0.2, 0.25) is 0 Å². The Morgan fingerprint density at radius 1 is 1.02 bits per heavy atom. The highest BCUT2D eigenvalue weighted by atomic mass is 32.1. The molecule has 0 bridgehead atoms. The quantitative estimate of drug-likeness (QED) is 0.0253. The largest absolute Gasteiger partial charge is 0.391 e. The van der Waals surface area contributed by atoms with Gasteiger partial charge < -0.3 is 30.4 Å². The minimum absolute atomic E-state index is 0.0128. The van der Waals surface area contributed by atoms with Gasteiger partial charge in [0, 0.05) is 62.2 Å². The molecule has 334 valence electrons. The van der Waals surface area contributed by atoms with Crippen molar-refractivity contribution in [2.75, 3.05) is 32.8 Å². The summed E-state index contributed by atoms with van der Waals surface area (Å²) in [6, 6.07) is 21.8. The molecule has 1 fully saturated rings. The lowest BCUT2D eigenvalue weighted by Gasteiger charge is -2.35. The van der Waals surface area contributed by atoms with Crippen LogP contribution in [0.15, 0.2) is 90.6 Å². The third-order valence-corrected chi connectivity index (χ3v) is 12.4. The number of thiazole rings is 1. The number of likely N-dealkylation sites (tertiary alicyclic amines) is 1. The third-order valence-electron chi connectivity index (χ3n) is 11.4. The number of aliphatic hydroxyl groups is 1. The Morgan fingerprint density at radius 2 is 1.76 bits per heavy atom. The normalized spacial score (nSPS) is 16.4. The lowest BCUT2D eigenvalue weighted by molar-refractivity contribution is -0.144. The van der Waals surface area contributed by atoms with Crippen LogP contribution in [0.1, 0.15) is 74.5 Å². The maximum absolute atomic E-state index is 14.2. The zero-order valence-electron chi connectivity index (χ0n) is 36.6. The molecule has 3 heterocycles. The van der Waals surface area contributed by atoms with Gasteiger partial charge in [-0.15, -0.1) is 11.3 Å². The Balaban J connectivity index is 1.01. The number of aliphatic hydroxyl groups excluding tert-OH is 1. The minimum atomic E-state index is -0.945. The van der Waals surface area contributed by atoms with Gasteiger partial charge in [0.05, 0.1) is 41.4 Å². The Bertz CT molecular complexity index is 2350. The highest BCUT2D eigenvalue weighted by Crippen LogP contribution is 2.30. The van der Waals surface area contributed by atoms with Crippen molar-refractivity contribution in [1.82, 2.24) is 35.9 Å². The van der Waals surface area contributed by atoms with E-state index in [-0.39, 0.29) is 43.8 Å². The number of benzene rings is 3. The molecule has 1 saturated heterocycles. The molecule has 0 aliphatic carbocycles. The lowest BCUT2D eigenvalue weighted by Crippen LogP contribution is -2.58. The molecule has 2 aromatic heterocycles. The predicted molar refractivity (Wildman–Crippen MR) is 244 cm³/mol. The number of hydroxylamine groups is 1. The number of aryl methyl sites for hydroxylation is 1. The van der Waals surface area contributed by atoms with Crippen molar-refractivity contribution in [1.29, 1.82) is 0 Å². The zero-order chi connectivity index (χ0) is 45.1. The molecular weight excluding hydrogens is 819 g/mol. The van der Waals surface area contributed by atoms with E-state index < -0.39 is 35.4 Å². The monoisotopic (exact) mass is 877 g/mol. The molecule has 14 nitrogen and oxygen atoms in total. The minimum Gasteiger partial charge on any atom is -0.391 e. The second kappa shape index (κ2) is 21.6. The zero-order valence-corrected chi connectivity index (χ0v) is 37.4. The number of aromatic nitrogens is 2. The van der Waals surface area contributed by atoms with E-state index >= 15 is 0 Å². The van der Waals surface area contributed by atoms with E-state index in [0.29, 0.717) is 19.7 Å². The number of hydrogen-bond acceptors (Lipinski definition) is 10. The molecule has 4 amide bonds. The average Bonchev–Trinajstić information content (AvgIpc) is 4.01. The summed E-state index contributed by atoms with van der Waals surface area (Å²) in [5.41, 5.74) is 9.82. The van der Waals surface area contributed by atoms with Crippen molar-refractivity contribution in [2.24, 2.45) is 5.41 Å². The van der Waals surface area contributed by atoms with Gasteiger partial charge in [-0.05, 0) is 65.6 Å². The Kier molecular flexibility index (Phi) is 16.0. The molecule has 0 radical (unpaired) electrons. The van der Waals surface area contributed by atoms with Crippen molar-refractivity contribution >= 4 is 51.9 Å². The number of nitrogens with zero attached hydrogens (tertiary/aromatic N) is 3. The number of carbonyl (C=O) groups is 4. The molecule has 6 rings (SSSR count). The van der Waals surface area contributed by atoms with Crippen LogP contribution in [0.25, 0.3) is 27.4 Å². The average molecular weight is 878 g/mol. The van der Waals surface area contributed by atoms with Crippen LogP contribution in [0.3, 0.4) is 0 Å². The SMILES string of the molecule is Cc1ncsc1-c1ccc([C@H](C)NC(=O)[C@@H]2C[C@@H](O)CN2C(=O)[C@@H](NC(=O)CCOCCN(CCc2c[nH]c3ccccc23)Cc2ccc(/C=C/C(=O)NO)cc2)C(C)(C)C)cc1. The number of rotatable bonds is 19. The van der Waals surface area contributed by atoms with E-state index in [4.69, 9.17) is 9.94 Å². The number of carbonyl (C=O) groups excluding carboxylic acids is 4. The molecule has 0 saturated carbocycles. The Hall–Kier alpha value is -5.71. The summed E-state index contributed by atoms with van der Waals surface area (Å²) in [5.74, 6) is -1.74. The molecular formula is C48H59N7O7S. The first-order valence-corrected chi connectivity index (χ1v) is 22.2. The molecule has 5 aromatic rings. The number of amides is 4. The standard InChI is InChI=1S/C48H59N7O7S/c1-31(35-15-17-36(18-16-35)44-32(2)50-30-63-44)51-46(59)41-26-38(56)29-55(41)47(60)45(48(3,4)5)52-42(57)21-24-62-25-23-54(22-20-37-27-49-40-9-7-6-8-39(37)40)28-34-12-10-33(11-13-34)14-19-43(58)53-61/h6-19,27,30-31,38,41,45,49,56,61H,20-26,28-29H2,1-5H3,(H,51,59)(H,52,57)(H,53,58)/b19-14+/t31-,38+,41-,45+/m0/s1. The summed E-state index contributed by atoms with van der Waals surface area (Å²) < 4.78 is 6.00. The van der Waals surface area contributed by atoms with Crippen LogP contribution in [0, 0.1) is 12.3 Å². The molecule has 1 aliphatic rings. The third kappa shape index (κ3) is 12.7. The van der Waals surface area contributed by atoms with Crippen molar-refractivity contribution in [3.05, 3.63) is 119 Å². The second-order valence-electron chi connectivity index (χ2n) is 17.2. The summed E-state index contributed by atoms with van der Waals surface area (Å²) in [6.07, 6.45) is 4.98. The number of ether oxygens (including phenoxy) is 1. The smallest absolute Gasteiger partial charge is 0.267 e. The van der Waals surface area contributed by atoms with E-state index in [2.05, 4.69) is 37.6 Å². The fraction of sp³-hybridized carbons (Fsp3) is 0.396. The number of fused-ring (bicyclic) bond motifs is 1. The van der Waals surface area contributed by atoms with E-state index in [1.807, 2.05) is 107 Å². The number of nitrogens with one attached hydrogen (secondary N) is 4. The number of β-amino-alcohol motifs (C(OH)–C–C–N with tert-alkyl or cyclic N) is 1. The van der Waals surface area contributed by atoms with Crippen molar-refractivity contribution < 1.29 is 34.2 Å². The van der Waals surface area contributed by atoms with Gasteiger partial charge in [0.1, 0.15) is 12.1 Å². The van der Waals surface area contributed by atoms with E-state index in [1.165, 1.54) is 21.9 Å². The van der Waals surface area contributed by atoms with Gasteiger partial charge in [-0.2, -0.15) is 0 Å². The molecule has 4 atom stereocenters. The van der Waals surface area contributed by atoms with Gasteiger partial charge in [-0.1, -0.05) is 87.5 Å². The molecule has 6 N–H and O–H groups in total. The van der Waals surface area contributed by atoms with E-state index in [9.17, 15) is 24.3 Å². The summed E-state index contributed by atoms with van der Waals surface area (Å²) in [5, 5.41) is 26.6. The van der Waals surface area contributed by atoms with Crippen LogP contribution >= 0.6 is 11.3 Å². The number of H-pyrrole nitrogens is 1. The highest BCUT2D eigenvalue weighted by molar-refractivity contribution is 7.13. The fourth-order valence-corrected chi connectivity index (χ4v) is 8.61. The van der Waals surface area contributed by atoms with Gasteiger partial charge in [-0.25, -0.2) is 10.5 Å². The fourth-order valence-electron chi connectivity index (χ4n) is 7.80. The second-order valence-corrected chi connectivity index (χ2v) is 18.0. The summed E-state index contributed by atoms with van der Waals surface area (Å²) in [4.78, 5) is 65.1. The van der Waals surface area contributed by atoms with Crippen molar-refractivity contribution in [2.45, 2.75) is 84.7 Å². The Morgan fingerprint density at radius 3 is 2.46 bits per heavy atom. The topological polar surface area (TPSA) is 189 Å². The van der Waals surface area contributed by atoms with Gasteiger partial charge in [0.25, 0.3) is 5.91 Å². The van der Waals surface area contributed by atoms with Gasteiger partial charge in [0.2, 0.25) is 17.7 Å². The molecule has 15 heteroatoms. The lowest BCUT2D eigenvalue weighted by atomic mass is 9.85. The number of hydrogen-bond donors (Lipinski definition) is 6. The molecule has 0 unspecified atom stereocenters. The first kappa shape index (κ1) is 46.8. The summed E-state index contributed by atoms with van der Waals surface area (Å²) in [7, 11) is 0. The van der Waals surface area contributed by atoms with E-state index in [1.54, 1.807) is 22.9 Å². The maximum Gasteiger partial charge on any atom is 0.267 e. The molecule has 1 aliphatic heterocycles. The summed E-state index contributed by atoms with van der Waals surface area (Å²) in [6.45, 7) is 11.9. The molecule has 63 heavy (non-hydrogen) atoms. The molecule has 3 aromatic carbocycles. The first-order chi connectivity index (χ1) is 30.2. The maximum atomic E-state index is 14.2. The van der Waals surface area contributed by atoms with Crippen molar-refractivity contribution in [3.8, 4) is 10.4 Å². The summed E-state index contributed by atoms with van der Waals surface area (Å²) >= 11 is 1.58. The van der Waals surface area contributed by atoms with Gasteiger partial charge in [0.15, 0.2) is 0 Å². The van der Waals surface area contributed by atoms with Crippen molar-refractivity contribution in [3.63, 3.8) is 0 Å². The molecule has 0 spiro atoms. The number of aromatic amines is 1. The van der Waals surface area contributed by atoms with Gasteiger partial charge >= 0.3 is 0 Å². The van der Waals surface area contributed by atoms with Crippen LogP contribution < -0.4 is 16.1 Å². The van der Waals surface area contributed by atoms with Crippen LogP contribution in [-0.4, -0.2) is 105 Å².